The van der Waals surface area contributed by atoms with E-state index < -0.39 is 0 Å². The summed E-state index contributed by atoms with van der Waals surface area (Å²) in [6.45, 7) is 0. The molecule has 0 radical (unpaired) electrons. The Kier molecular flexibility index (Phi) is 2.18. The Labute approximate surface area is 67.8 Å². The minimum absolute atomic E-state index is 0.731. The molecule has 0 saturated carbocycles. The van der Waals surface area contributed by atoms with Crippen LogP contribution in [0.2, 0.25) is 0 Å². The summed E-state index contributed by atoms with van der Waals surface area (Å²) in [6, 6.07) is 0. The van der Waals surface area contributed by atoms with Crippen LogP contribution >= 0.6 is 28.6 Å². The van der Waals surface area contributed by atoms with Gasteiger partial charge < -0.3 is 0 Å². The van der Waals surface area contributed by atoms with Crippen LogP contribution in [0, 0.1) is 0 Å². The predicted molar refractivity (Wildman–Crippen MR) is 43.6 cm³/mol. The summed E-state index contributed by atoms with van der Waals surface area (Å²) < 4.78 is 2.65. The number of halogens is 1. The summed E-state index contributed by atoms with van der Waals surface area (Å²) >= 11 is 7.41. The molecule has 1 aromatic rings. The predicted octanol–water partition coefficient (Wildman–Crippen LogP) is 1.61. The molecule has 0 aromatic carbocycles. The number of rotatable bonds is 1. The van der Waals surface area contributed by atoms with E-state index in [1.54, 1.807) is 4.68 Å². The molecule has 0 unspecified atom stereocenters. The van der Waals surface area contributed by atoms with Crippen LogP contribution in [0.3, 0.4) is 0 Å². The fraction of sp³-hybridized carbons (Fsp3) is 0.400. The molecule has 1 aromatic heterocycles. The first kappa shape index (κ1) is 7.15. The van der Waals surface area contributed by atoms with Crippen LogP contribution in [0.4, 0.5) is 0 Å². The number of thiol groups is 1. The molecule has 0 atom stereocenters. The lowest BCUT2D eigenvalue weighted by molar-refractivity contribution is 0.760. The maximum Gasteiger partial charge on any atom is 0.132 e. The highest BCUT2D eigenvalue weighted by Gasteiger charge is 1.99. The average molecular weight is 207 g/mol. The Morgan fingerprint density at radius 2 is 2.56 bits per heavy atom. The Morgan fingerprint density at radius 3 is 2.78 bits per heavy atom. The lowest BCUT2D eigenvalue weighted by Crippen LogP contribution is -1.84. The SMILES string of the molecule is Cn1cc(CS)c(Br)n1. The van der Waals surface area contributed by atoms with Crippen LogP contribution in [0.15, 0.2) is 10.8 Å². The Morgan fingerprint density at radius 1 is 1.89 bits per heavy atom. The van der Waals surface area contributed by atoms with E-state index in [1.165, 1.54) is 0 Å². The standard InChI is InChI=1S/C5H7BrN2S/c1-8-2-4(3-9)5(6)7-8/h2,9H,3H2,1H3. The molecule has 4 heteroatoms. The van der Waals surface area contributed by atoms with Crippen LogP contribution in [0.25, 0.3) is 0 Å². The lowest BCUT2D eigenvalue weighted by Gasteiger charge is -1.83. The maximum absolute atomic E-state index is 4.11. The molecule has 0 amide bonds. The molecule has 0 aliphatic carbocycles. The van der Waals surface area contributed by atoms with Gasteiger partial charge in [0, 0.05) is 24.6 Å². The fourth-order valence-corrected chi connectivity index (χ4v) is 1.56. The van der Waals surface area contributed by atoms with Crippen molar-refractivity contribution in [2.75, 3.05) is 0 Å². The van der Waals surface area contributed by atoms with Crippen molar-refractivity contribution in [1.82, 2.24) is 9.78 Å². The summed E-state index contributed by atoms with van der Waals surface area (Å²) in [5.41, 5.74) is 1.13. The van der Waals surface area contributed by atoms with Gasteiger partial charge in [0.1, 0.15) is 4.60 Å². The van der Waals surface area contributed by atoms with Crippen molar-refractivity contribution < 1.29 is 0 Å². The summed E-state index contributed by atoms with van der Waals surface area (Å²) in [5, 5.41) is 4.07. The van der Waals surface area contributed by atoms with Gasteiger partial charge in [-0.05, 0) is 15.9 Å². The highest BCUT2D eigenvalue weighted by Crippen LogP contribution is 2.14. The first-order valence-corrected chi connectivity index (χ1v) is 3.95. The van der Waals surface area contributed by atoms with Crippen LogP contribution < -0.4 is 0 Å². The minimum atomic E-state index is 0.731. The van der Waals surface area contributed by atoms with E-state index in [0.717, 1.165) is 15.9 Å². The van der Waals surface area contributed by atoms with E-state index in [-0.39, 0.29) is 0 Å². The number of hydrogen-bond donors (Lipinski definition) is 1. The summed E-state index contributed by atoms with van der Waals surface area (Å²) in [4.78, 5) is 0. The second-order valence-electron chi connectivity index (χ2n) is 1.78. The first-order valence-electron chi connectivity index (χ1n) is 2.53. The van der Waals surface area contributed by atoms with Gasteiger partial charge in [-0.2, -0.15) is 17.7 Å². The Hall–Kier alpha value is 0.0400. The molecule has 2 nitrogen and oxygen atoms in total. The van der Waals surface area contributed by atoms with E-state index in [9.17, 15) is 0 Å². The summed E-state index contributed by atoms with van der Waals surface area (Å²) in [5.74, 6) is 0.731. The molecule has 0 aliphatic rings. The van der Waals surface area contributed by atoms with E-state index >= 15 is 0 Å². The van der Waals surface area contributed by atoms with E-state index in [0.29, 0.717) is 0 Å². The topological polar surface area (TPSA) is 17.8 Å². The van der Waals surface area contributed by atoms with Gasteiger partial charge in [-0.15, -0.1) is 0 Å². The van der Waals surface area contributed by atoms with Gasteiger partial charge in [-0.1, -0.05) is 0 Å². The molecule has 0 saturated heterocycles. The molecular formula is C5H7BrN2S. The molecule has 50 valence electrons. The van der Waals surface area contributed by atoms with Gasteiger partial charge in [-0.3, -0.25) is 4.68 Å². The monoisotopic (exact) mass is 206 g/mol. The van der Waals surface area contributed by atoms with Crippen LogP contribution in [0.1, 0.15) is 5.56 Å². The smallest absolute Gasteiger partial charge is 0.132 e. The molecule has 9 heavy (non-hydrogen) atoms. The van der Waals surface area contributed by atoms with Gasteiger partial charge in [0.05, 0.1) is 0 Å². The van der Waals surface area contributed by atoms with Crippen molar-refractivity contribution in [3.63, 3.8) is 0 Å². The Balaban J connectivity index is 3.01. The van der Waals surface area contributed by atoms with Crippen molar-refractivity contribution >= 4 is 28.6 Å². The van der Waals surface area contributed by atoms with Crippen LogP contribution in [-0.2, 0) is 12.8 Å². The quantitative estimate of drug-likeness (QED) is 0.692. The number of hydrogen-bond acceptors (Lipinski definition) is 2. The average Bonchev–Trinajstić information content (AvgIpc) is 2.10. The molecule has 0 N–H and O–H groups in total. The van der Waals surface area contributed by atoms with Crippen molar-refractivity contribution in [3.8, 4) is 0 Å². The largest absolute Gasteiger partial charge is 0.274 e. The highest BCUT2D eigenvalue weighted by atomic mass is 79.9. The zero-order chi connectivity index (χ0) is 6.85. The number of aromatic nitrogens is 2. The van der Waals surface area contributed by atoms with E-state index in [2.05, 4.69) is 33.7 Å². The molecule has 1 rings (SSSR count). The summed E-state index contributed by atoms with van der Waals surface area (Å²) in [7, 11) is 1.89. The lowest BCUT2D eigenvalue weighted by atomic mass is 10.4. The van der Waals surface area contributed by atoms with Crippen molar-refractivity contribution in [2.24, 2.45) is 7.05 Å². The van der Waals surface area contributed by atoms with Gasteiger partial charge in [0.15, 0.2) is 0 Å². The van der Waals surface area contributed by atoms with Gasteiger partial charge >= 0.3 is 0 Å². The van der Waals surface area contributed by atoms with Crippen LogP contribution in [-0.4, -0.2) is 9.78 Å². The molecule has 1 heterocycles. The highest BCUT2D eigenvalue weighted by molar-refractivity contribution is 9.10. The molecule has 0 aliphatic heterocycles. The third-order valence-electron chi connectivity index (χ3n) is 1.02. The molecule has 0 spiro atoms. The summed E-state index contributed by atoms with van der Waals surface area (Å²) in [6.07, 6.45) is 1.94. The third kappa shape index (κ3) is 1.49. The zero-order valence-electron chi connectivity index (χ0n) is 5.00. The van der Waals surface area contributed by atoms with Crippen molar-refractivity contribution in [2.45, 2.75) is 5.75 Å². The van der Waals surface area contributed by atoms with E-state index in [1.807, 2.05) is 13.2 Å². The number of aryl methyl sites for hydroxylation is 1. The van der Waals surface area contributed by atoms with Crippen LogP contribution in [0.5, 0.6) is 0 Å². The second kappa shape index (κ2) is 2.75. The minimum Gasteiger partial charge on any atom is -0.274 e. The van der Waals surface area contributed by atoms with Crippen molar-refractivity contribution in [3.05, 3.63) is 16.4 Å². The van der Waals surface area contributed by atoms with Gasteiger partial charge in [0.25, 0.3) is 0 Å². The second-order valence-corrected chi connectivity index (χ2v) is 2.84. The maximum atomic E-state index is 4.11. The van der Waals surface area contributed by atoms with E-state index in [4.69, 9.17) is 0 Å². The third-order valence-corrected chi connectivity index (χ3v) is 2.03. The molecule has 0 bridgehead atoms. The number of nitrogens with zero attached hydrogens (tertiary/aromatic N) is 2. The fourth-order valence-electron chi connectivity index (χ4n) is 0.616. The van der Waals surface area contributed by atoms with Crippen molar-refractivity contribution in [1.29, 1.82) is 0 Å². The van der Waals surface area contributed by atoms with Gasteiger partial charge in [-0.25, -0.2) is 0 Å². The van der Waals surface area contributed by atoms with Gasteiger partial charge in [0.2, 0.25) is 0 Å². The first-order chi connectivity index (χ1) is 4.24. The zero-order valence-corrected chi connectivity index (χ0v) is 7.48. The molecular weight excluding hydrogens is 200 g/mol. The molecule has 0 fully saturated rings. The normalized spacial score (nSPS) is 10.1. The Bertz CT molecular complexity index is 209.